The van der Waals surface area contributed by atoms with E-state index < -0.39 is 11.9 Å². The van der Waals surface area contributed by atoms with Crippen molar-refractivity contribution in [2.45, 2.75) is 0 Å². The molecular formula is C15H11FN4O2. The van der Waals surface area contributed by atoms with Gasteiger partial charge in [-0.1, -0.05) is 0 Å². The molecule has 0 aliphatic heterocycles. The third kappa shape index (κ3) is 3.37. The number of nitrogens with zero attached hydrogens (tertiary/aromatic N) is 2. The normalized spacial score (nSPS) is 10.8. The summed E-state index contributed by atoms with van der Waals surface area (Å²) >= 11 is 0. The number of hydrogen-bond donors (Lipinski definition) is 2. The van der Waals surface area contributed by atoms with E-state index in [1.165, 1.54) is 18.2 Å². The molecule has 3 N–H and O–H groups in total. The standard InChI is InChI=1S/C15H11FN4O2/c16-11-3-5-12(6-4-11)20-7-1-2-13(20)8-10(9-17)14(21)19-15(18)22/h1-8H,(H3,18,19,21,22)/b10-8-. The largest absolute Gasteiger partial charge is 0.351 e. The molecule has 0 spiro atoms. The average Bonchev–Trinajstić information content (AvgIpc) is 2.92. The number of halogens is 1. The minimum absolute atomic E-state index is 0.277. The van der Waals surface area contributed by atoms with E-state index in [9.17, 15) is 14.0 Å². The van der Waals surface area contributed by atoms with Crippen LogP contribution in [0.5, 0.6) is 0 Å². The van der Waals surface area contributed by atoms with E-state index in [1.54, 1.807) is 41.1 Å². The number of urea groups is 1. The Bertz CT molecular complexity index is 785. The van der Waals surface area contributed by atoms with Gasteiger partial charge in [-0.3, -0.25) is 10.1 Å². The monoisotopic (exact) mass is 298 g/mol. The predicted octanol–water partition coefficient (Wildman–Crippen LogP) is 1.72. The van der Waals surface area contributed by atoms with Crippen molar-refractivity contribution in [1.29, 1.82) is 5.26 Å². The number of hydrogen-bond acceptors (Lipinski definition) is 3. The molecule has 1 heterocycles. The fourth-order valence-electron chi connectivity index (χ4n) is 1.82. The second-order valence-corrected chi connectivity index (χ2v) is 4.27. The average molecular weight is 298 g/mol. The van der Waals surface area contributed by atoms with Crippen molar-refractivity contribution in [3.63, 3.8) is 0 Å². The smallest absolute Gasteiger partial charge is 0.319 e. The van der Waals surface area contributed by atoms with Crippen LogP contribution in [0.1, 0.15) is 5.69 Å². The summed E-state index contributed by atoms with van der Waals surface area (Å²) in [7, 11) is 0. The number of carbonyl (C=O) groups is 2. The van der Waals surface area contributed by atoms with Gasteiger partial charge in [-0.25, -0.2) is 9.18 Å². The maximum Gasteiger partial charge on any atom is 0.319 e. The van der Waals surface area contributed by atoms with Crippen molar-refractivity contribution in [2.24, 2.45) is 5.73 Å². The number of aromatic nitrogens is 1. The van der Waals surface area contributed by atoms with Gasteiger partial charge >= 0.3 is 6.03 Å². The van der Waals surface area contributed by atoms with Gasteiger partial charge in [0.25, 0.3) is 5.91 Å². The number of imide groups is 1. The molecule has 22 heavy (non-hydrogen) atoms. The van der Waals surface area contributed by atoms with Gasteiger partial charge in [0.2, 0.25) is 0 Å². The number of nitrogens with two attached hydrogens (primary N) is 1. The molecule has 0 aliphatic carbocycles. The lowest BCUT2D eigenvalue weighted by molar-refractivity contribution is -0.115. The summed E-state index contributed by atoms with van der Waals surface area (Å²) in [6.07, 6.45) is 3.00. The molecule has 0 bridgehead atoms. The van der Waals surface area contributed by atoms with Crippen LogP contribution < -0.4 is 11.1 Å². The number of carbonyl (C=O) groups excluding carboxylic acids is 2. The van der Waals surface area contributed by atoms with E-state index in [-0.39, 0.29) is 11.4 Å². The molecule has 0 unspecified atom stereocenters. The molecular weight excluding hydrogens is 287 g/mol. The Balaban J connectivity index is 2.38. The van der Waals surface area contributed by atoms with E-state index in [1.807, 2.05) is 5.32 Å². The summed E-state index contributed by atoms with van der Waals surface area (Å²) in [5.74, 6) is -1.26. The van der Waals surface area contributed by atoms with Crippen LogP contribution in [0.3, 0.4) is 0 Å². The zero-order valence-corrected chi connectivity index (χ0v) is 11.3. The van der Waals surface area contributed by atoms with Gasteiger partial charge in [0, 0.05) is 17.6 Å². The van der Waals surface area contributed by atoms with Crippen LogP contribution in [0.2, 0.25) is 0 Å². The third-order valence-electron chi connectivity index (χ3n) is 2.78. The first-order valence-electron chi connectivity index (χ1n) is 6.17. The molecule has 0 saturated heterocycles. The summed E-state index contributed by atoms with van der Waals surface area (Å²) in [6, 6.07) is 9.74. The van der Waals surface area contributed by atoms with E-state index in [4.69, 9.17) is 11.0 Å². The number of amides is 3. The van der Waals surface area contributed by atoms with Gasteiger partial charge in [0.15, 0.2) is 0 Å². The van der Waals surface area contributed by atoms with Crippen molar-refractivity contribution >= 4 is 18.0 Å². The number of nitriles is 1. The Labute approximate surface area is 125 Å². The van der Waals surface area contributed by atoms with E-state index >= 15 is 0 Å². The fraction of sp³-hybridized carbons (Fsp3) is 0. The number of nitrogens with one attached hydrogen (secondary N) is 1. The molecule has 0 atom stereocenters. The lowest BCUT2D eigenvalue weighted by atomic mass is 10.2. The molecule has 110 valence electrons. The minimum atomic E-state index is -1.04. The van der Waals surface area contributed by atoms with Crippen LogP contribution in [-0.4, -0.2) is 16.5 Å². The first kappa shape index (κ1) is 15.0. The predicted molar refractivity (Wildman–Crippen MR) is 77.0 cm³/mol. The maximum absolute atomic E-state index is 13.0. The zero-order valence-electron chi connectivity index (χ0n) is 11.3. The third-order valence-corrected chi connectivity index (χ3v) is 2.78. The molecule has 0 radical (unpaired) electrons. The van der Waals surface area contributed by atoms with Crippen LogP contribution in [0.25, 0.3) is 11.8 Å². The lowest BCUT2D eigenvalue weighted by Crippen LogP contribution is -2.35. The Hall–Kier alpha value is -3.40. The summed E-state index contributed by atoms with van der Waals surface area (Å²) < 4.78 is 14.6. The Morgan fingerprint density at radius 2 is 1.95 bits per heavy atom. The molecule has 0 aliphatic rings. The van der Waals surface area contributed by atoms with Gasteiger partial charge in [0.1, 0.15) is 17.5 Å². The highest BCUT2D eigenvalue weighted by Gasteiger charge is 2.12. The van der Waals surface area contributed by atoms with Gasteiger partial charge in [0.05, 0.1) is 0 Å². The topological polar surface area (TPSA) is 101 Å². The molecule has 6 nitrogen and oxygen atoms in total. The van der Waals surface area contributed by atoms with Crippen molar-refractivity contribution in [3.8, 4) is 11.8 Å². The van der Waals surface area contributed by atoms with Gasteiger partial charge in [-0.05, 0) is 42.5 Å². The van der Waals surface area contributed by atoms with E-state index in [0.717, 1.165) is 0 Å². The molecule has 2 aromatic rings. The molecule has 3 amide bonds. The highest BCUT2D eigenvalue weighted by atomic mass is 19.1. The second kappa shape index (κ2) is 6.37. The summed E-state index contributed by atoms with van der Waals surface area (Å²) in [4.78, 5) is 22.3. The molecule has 0 saturated carbocycles. The zero-order chi connectivity index (χ0) is 16.1. The summed E-state index contributed by atoms with van der Waals surface area (Å²) in [5.41, 5.74) is 5.74. The number of benzene rings is 1. The van der Waals surface area contributed by atoms with Gasteiger partial charge < -0.3 is 10.3 Å². The molecule has 2 rings (SSSR count). The van der Waals surface area contributed by atoms with E-state index in [0.29, 0.717) is 11.4 Å². The Kier molecular flexibility index (Phi) is 4.34. The maximum atomic E-state index is 13.0. The molecule has 7 heteroatoms. The van der Waals surface area contributed by atoms with Crippen molar-refractivity contribution in [3.05, 3.63) is 59.7 Å². The number of rotatable bonds is 3. The van der Waals surface area contributed by atoms with Crippen LogP contribution >= 0.6 is 0 Å². The highest BCUT2D eigenvalue weighted by Crippen LogP contribution is 2.16. The van der Waals surface area contributed by atoms with Crippen molar-refractivity contribution < 1.29 is 14.0 Å². The van der Waals surface area contributed by atoms with Crippen LogP contribution in [0, 0.1) is 17.1 Å². The second-order valence-electron chi connectivity index (χ2n) is 4.27. The van der Waals surface area contributed by atoms with Crippen LogP contribution in [-0.2, 0) is 4.79 Å². The fourth-order valence-corrected chi connectivity index (χ4v) is 1.82. The Morgan fingerprint density at radius 3 is 2.55 bits per heavy atom. The van der Waals surface area contributed by atoms with Gasteiger partial charge in [-0.2, -0.15) is 5.26 Å². The molecule has 1 aromatic heterocycles. The highest BCUT2D eigenvalue weighted by molar-refractivity contribution is 6.08. The van der Waals surface area contributed by atoms with Crippen LogP contribution in [0.15, 0.2) is 48.2 Å². The van der Waals surface area contributed by atoms with E-state index in [2.05, 4.69) is 0 Å². The molecule has 1 aromatic carbocycles. The SMILES string of the molecule is N#C/C(=C/c1cccn1-c1ccc(F)cc1)C(=O)NC(N)=O. The first-order chi connectivity index (χ1) is 10.5. The van der Waals surface area contributed by atoms with Crippen molar-refractivity contribution in [1.82, 2.24) is 9.88 Å². The minimum Gasteiger partial charge on any atom is -0.351 e. The Morgan fingerprint density at radius 1 is 1.27 bits per heavy atom. The van der Waals surface area contributed by atoms with Gasteiger partial charge in [-0.15, -0.1) is 0 Å². The molecule has 0 fully saturated rings. The number of primary amides is 1. The first-order valence-corrected chi connectivity index (χ1v) is 6.17. The van der Waals surface area contributed by atoms with Crippen LogP contribution in [0.4, 0.5) is 9.18 Å². The van der Waals surface area contributed by atoms with Crippen molar-refractivity contribution in [2.75, 3.05) is 0 Å². The summed E-state index contributed by atoms with van der Waals surface area (Å²) in [6.45, 7) is 0. The summed E-state index contributed by atoms with van der Waals surface area (Å²) in [5, 5.41) is 10.8. The quantitative estimate of drug-likeness (QED) is 0.666. The lowest BCUT2D eigenvalue weighted by Gasteiger charge is -2.07.